The Kier molecular flexibility index (Phi) is 6.65. The Hall–Kier alpha value is -2.34. The van der Waals surface area contributed by atoms with E-state index < -0.39 is 10.0 Å². The molecule has 0 fully saturated rings. The maximum atomic E-state index is 12.4. The maximum absolute atomic E-state index is 12.4. The van der Waals surface area contributed by atoms with Crippen molar-refractivity contribution < 1.29 is 13.2 Å². The molecule has 6 heteroatoms. The molecule has 0 saturated heterocycles. The van der Waals surface area contributed by atoms with Crippen LogP contribution >= 0.6 is 0 Å². The lowest BCUT2D eigenvalue weighted by Crippen LogP contribution is -2.30. The van der Waals surface area contributed by atoms with Crippen molar-refractivity contribution in [2.24, 2.45) is 5.92 Å². The Morgan fingerprint density at radius 2 is 1.70 bits per heavy atom. The topological polar surface area (TPSA) is 66.5 Å². The Balaban J connectivity index is 2.24. The first-order valence-electron chi connectivity index (χ1n) is 9.00. The summed E-state index contributed by atoms with van der Waals surface area (Å²) in [4.78, 5) is 12.1. The molecule has 146 valence electrons. The van der Waals surface area contributed by atoms with Crippen LogP contribution in [0.25, 0.3) is 0 Å². The lowest BCUT2D eigenvalue weighted by atomic mass is 10.1. The molecule has 1 amide bonds. The molecule has 27 heavy (non-hydrogen) atoms. The van der Waals surface area contributed by atoms with Gasteiger partial charge in [-0.15, -0.1) is 0 Å². The highest BCUT2D eigenvalue weighted by Crippen LogP contribution is 2.26. The van der Waals surface area contributed by atoms with Gasteiger partial charge >= 0.3 is 0 Å². The van der Waals surface area contributed by atoms with E-state index >= 15 is 0 Å². The number of hydrogen-bond donors (Lipinski definition) is 1. The van der Waals surface area contributed by atoms with Crippen molar-refractivity contribution in [3.63, 3.8) is 0 Å². The van der Waals surface area contributed by atoms with Crippen LogP contribution in [0.15, 0.2) is 42.5 Å². The second-order valence-corrected chi connectivity index (χ2v) is 9.27. The monoisotopic (exact) mass is 388 g/mol. The van der Waals surface area contributed by atoms with Gasteiger partial charge in [-0.2, -0.15) is 0 Å². The van der Waals surface area contributed by atoms with Gasteiger partial charge in [0.05, 0.1) is 18.5 Å². The minimum Gasteiger partial charge on any atom is -0.352 e. The predicted octanol–water partition coefficient (Wildman–Crippen LogP) is 3.66. The molecule has 0 aliphatic rings. The summed E-state index contributed by atoms with van der Waals surface area (Å²) in [5.74, 6) is 0.263. The summed E-state index contributed by atoms with van der Waals surface area (Å²) < 4.78 is 26.2. The molecular weight excluding hydrogens is 360 g/mol. The van der Waals surface area contributed by atoms with Crippen molar-refractivity contribution in [1.82, 2.24) is 5.32 Å². The Morgan fingerprint density at radius 1 is 1.07 bits per heavy atom. The van der Waals surface area contributed by atoms with E-state index in [1.165, 1.54) is 10.6 Å². The molecule has 0 aromatic heterocycles. The number of sulfonamides is 1. The van der Waals surface area contributed by atoms with Gasteiger partial charge in [-0.1, -0.05) is 38.1 Å². The average molecular weight is 389 g/mol. The van der Waals surface area contributed by atoms with Gasteiger partial charge in [-0.3, -0.25) is 9.10 Å². The first-order valence-corrected chi connectivity index (χ1v) is 10.8. The zero-order valence-corrected chi connectivity index (χ0v) is 17.4. The number of hydrogen-bond acceptors (Lipinski definition) is 3. The first-order chi connectivity index (χ1) is 12.6. The first kappa shape index (κ1) is 21.0. The van der Waals surface area contributed by atoms with E-state index in [1.807, 2.05) is 45.9 Å². The van der Waals surface area contributed by atoms with Crippen molar-refractivity contribution in [1.29, 1.82) is 0 Å². The molecule has 0 bridgehead atoms. The zero-order chi connectivity index (χ0) is 20.2. The van der Waals surface area contributed by atoms with Gasteiger partial charge in [0, 0.05) is 12.1 Å². The fraction of sp³-hybridized carbons (Fsp3) is 0.381. The van der Waals surface area contributed by atoms with E-state index in [9.17, 15) is 13.2 Å². The Labute approximate surface area is 162 Å². The fourth-order valence-electron chi connectivity index (χ4n) is 2.70. The van der Waals surface area contributed by atoms with Gasteiger partial charge < -0.3 is 5.32 Å². The number of anilines is 1. The number of nitrogens with one attached hydrogen (secondary N) is 1. The molecule has 0 radical (unpaired) electrons. The number of carbonyl (C=O) groups is 1. The third kappa shape index (κ3) is 5.82. The molecule has 0 atom stereocenters. The summed E-state index contributed by atoms with van der Waals surface area (Å²) >= 11 is 0. The minimum atomic E-state index is -3.45. The highest BCUT2D eigenvalue weighted by Gasteiger charge is 2.20. The summed E-state index contributed by atoms with van der Waals surface area (Å²) in [5, 5.41) is 2.88. The van der Waals surface area contributed by atoms with Gasteiger partial charge in [-0.25, -0.2) is 8.42 Å². The lowest BCUT2D eigenvalue weighted by molar-refractivity contribution is 0.0949. The Morgan fingerprint density at radius 3 is 2.26 bits per heavy atom. The number of carbonyl (C=O) groups excluding carboxylic acids is 1. The zero-order valence-electron chi connectivity index (χ0n) is 16.6. The average Bonchev–Trinajstić information content (AvgIpc) is 2.59. The summed E-state index contributed by atoms with van der Waals surface area (Å²) in [6, 6.07) is 12.8. The quantitative estimate of drug-likeness (QED) is 0.787. The molecule has 2 aromatic rings. The smallest absolute Gasteiger partial charge is 0.251 e. The van der Waals surface area contributed by atoms with Crippen LogP contribution in [0.4, 0.5) is 5.69 Å². The van der Waals surface area contributed by atoms with Gasteiger partial charge in [0.1, 0.15) is 0 Å². The second kappa shape index (κ2) is 8.57. The van der Waals surface area contributed by atoms with Crippen molar-refractivity contribution in [3.05, 3.63) is 64.7 Å². The van der Waals surface area contributed by atoms with Crippen LogP contribution in [-0.4, -0.2) is 27.1 Å². The van der Waals surface area contributed by atoms with Crippen molar-refractivity contribution in [3.8, 4) is 0 Å². The van der Waals surface area contributed by atoms with Crippen molar-refractivity contribution in [2.75, 3.05) is 17.1 Å². The molecular formula is C21H28N2O3S. The highest BCUT2D eigenvalue weighted by atomic mass is 32.2. The van der Waals surface area contributed by atoms with Gasteiger partial charge in [-0.05, 0) is 54.7 Å². The van der Waals surface area contributed by atoms with Crippen LogP contribution in [0.2, 0.25) is 0 Å². The predicted molar refractivity (Wildman–Crippen MR) is 111 cm³/mol. The molecule has 5 nitrogen and oxygen atoms in total. The molecule has 0 unspecified atom stereocenters. The number of rotatable bonds is 7. The molecule has 1 N–H and O–H groups in total. The maximum Gasteiger partial charge on any atom is 0.251 e. The summed E-state index contributed by atoms with van der Waals surface area (Å²) in [6.45, 7) is 8.75. The van der Waals surface area contributed by atoms with Crippen LogP contribution in [0.3, 0.4) is 0 Å². The number of benzene rings is 2. The number of aryl methyl sites for hydroxylation is 2. The van der Waals surface area contributed by atoms with E-state index in [0.717, 1.165) is 16.7 Å². The molecule has 0 aliphatic heterocycles. The largest absolute Gasteiger partial charge is 0.352 e. The third-order valence-electron chi connectivity index (χ3n) is 4.25. The van der Waals surface area contributed by atoms with E-state index in [4.69, 9.17) is 0 Å². The molecule has 0 spiro atoms. The third-order valence-corrected chi connectivity index (χ3v) is 5.37. The summed E-state index contributed by atoms with van der Waals surface area (Å²) in [6.07, 6.45) is 1.21. The standard InChI is InChI=1S/C21H28N2O3S/c1-15(2)13-22-21(24)19-10-8-18(9-11-19)14-23(27(5,25)26)20-12-16(3)6-7-17(20)4/h6-12,15H,13-14H2,1-5H3,(H,22,24). The molecule has 2 aromatic carbocycles. The van der Waals surface area contributed by atoms with Crippen molar-refractivity contribution >= 4 is 21.6 Å². The SMILES string of the molecule is Cc1ccc(C)c(N(Cc2ccc(C(=O)NCC(C)C)cc2)S(C)(=O)=O)c1. The van der Waals surface area contributed by atoms with E-state index in [1.54, 1.807) is 24.3 Å². The van der Waals surface area contributed by atoms with Crippen LogP contribution in [-0.2, 0) is 16.6 Å². The molecule has 2 rings (SSSR count). The lowest BCUT2D eigenvalue weighted by Gasteiger charge is -2.25. The van der Waals surface area contributed by atoms with Gasteiger partial charge in [0.2, 0.25) is 10.0 Å². The summed E-state index contributed by atoms with van der Waals surface area (Å²) in [5.41, 5.74) is 3.96. The number of nitrogens with zero attached hydrogens (tertiary/aromatic N) is 1. The molecule has 0 heterocycles. The molecule has 0 saturated carbocycles. The minimum absolute atomic E-state index is 0.121. The summed E-state index contributed by atoms with van der Waals surface area (Å²) in [7, 11) is -3.45. The van der Waals surface area contributed by atoms with E-state index in [2.05, 4.69) is 5.32 Å². The Bertz CT molecular complexity index is 904. The van der Waals surface area contributed by atoms with Crippen molar-refractivity contribution in [2.45, 2.75) is 34.2 Å². The fourth-order valence-corrected chi connectivity index (χ4v) is 3.63. The molecule has 0 aliphatic carbocycles. The van der Waals surface area contributed by atoms with E-state index in [-0.39, 0.29) is 12.5 Å². The second-order valence-electron chi connectivity index (χ2n) is 7.36. The normalized spacial score (nSPS) is 11.5. The van der Waals surface area contributed by atoms with Gasteiger partial charge in [0.15, 0.2) is 0 Å². The van der Waals surface area contributed by atoms with Crippen LogP contribution in [0, 0.1) is 19.8 Å². The van der Waals surface area contributed by atoms with Crippen LogP contribution in [0.5, 0.6) is 0 Å². The van der Waals surface area contributed by atoms with Gasteiger partial charge in [0.25, 0.3) is 5.91 Å². The number of amides is 1. The van der Waals surface area contributed by atoms with Crippen LogP contribution < -0.4 is 9.62 Å². The highest BCUT2D eigenvalue weighted by molar-refractivity contribution is 7.92. The van der Waals surface area contributed by atoms with Crippen LogP contribution in [0.1, 0.15) is 40.9 Å². The van der Waals surface area contributed by atoms with E-state index in [0.29, 0.717) is 23.7 Å².